The average molecular weight is 289 g/mol. The van der Waals surface area contributed by atoms with E-state index in [1.165, 1.54) is 13.5 Å². The van der Waals surface area contributed by atoms with Crippen LogP contribution in [-0.4, -0.2) is 30.1 Å². The lowest BCUT2D eigenvalue weighted by Gasteiger charge is -2.33. The second-order valence-electron chi connectivity index (χ2n) is 5.00. The molecule has 3 atom stereocenters. The zero-order chi connectivity index (χ0) is 11.9. The topological polar surface area (TPSA) is 51.2 Å². The van der Waals surface area contributed by atoms with Gasteiger partial charge in [-0.15, -0.1) is 23.7 Å². The molecule has 3 rings (SSSR count). The van der Waals surface area contributed by atoms with Crippen LogP contribution in [0.5, 0.6) is 0 Å². The molecule has 1 N–H and O–H groups in total. The molecule has 6 heteroatoms. The van der Waals surface area contributed by atoms with Gasteiger partial charge in [-0.25, -0.2) is 4.98 Å². The molecule has 2 fully saturated rings. The molecule has 2 aliphatic rings. The van der Waals surface area contributed by atoms with Gasteiger partial charge in [0.05, 0.1) is 23.7 Å². The van der Waals surface area contributed by atoms with E-state index in [0.717, 1.165) is 18.5 Å². The van der Waals surface area contributed by atoms with Gasteiger partial charge >= 0.3 is 5.97 Å². The monoisotopic (exact) mass is 288 g/mol. The first-order valence-corrected chi connectivity index (χ1v) is 6.90. The van der Waals surface area contributed by atoms with Crippen LogP contribution < -0.4 is 5.32 Å². The first-order chi connectivity index (χ1) is 8.24. The van der Waals surface area contributed by atoms with Crippen LogP contribution in [0.3, 0.4) is 0 Å². The molecule has 0 unspecified atom stereocenters. The van der Waals surface area contributed by atoms with Gasteiger partial charge in [-0.3, -0.25) is 4.79 Å². The minimum absolute atomic E-state index is 0. The number of nitrogens with zero attached hydrogens (tertiary/aromatic N) is 1. The number of ether oxygens (including phenoxy) is 1. The van der Waals surface area contributed by atoms with Crippen LogP contribution in [0, 0.1) is 5.41 Å². The molecule has 2 saturated heterocycles. The van der Waals surface area contributed by atoms with E-state index in [-0.39, 0.29) is 29.8 Å². The number of hydrogen-bond acceptors (Lipinski definition) is 5. The Morgan fingerprint density at radius 1 is 1.67 bits per heavy atom. The molecule has 2 bridgehead atoms. The van der Waals surface area contributed by atoms with Gasteiger partial charge in [0.15, 0.2) is 0 Å². The van der Waals surface area contributed by atoms with Crippen LogP contribution in [0.2, 0.25) is 0 Å². The molecule has 0 aromatic carbocycles. The number of fused-ring (bicyclic) bond motifs is 2. The number of aromatic nitrogens is 1. The van der Waals surface area contributed by atoms with E-state index >= 15 is 0 Å². The lowest BCUT2D eigenvalue weighted by molar-refractivity contribution is -0.154. The van der Waals surface area contributed by atoms with Crippen molar-refractivity contribution >= 4 is 29.7 Å². The highest BCUT2D eigenvalue weighted by Crippen LogP contribution is 2.46. The molecule has 2 aliphatic heterocycles. The number of hydrogen-bond donors (Lipinski definition) is 1. The number of halogens is 1. The Morgan fingerprint density at radius 2 is 2.50 bits per heavy atom. The third-order valence-corrected chi connectivity index (χ3v) is 4.73. The average Bonchev–Trinajstić information content (AvgIpc) is 3.04. The lowest BCUT2D eigenvalue weighted by atomic mass is 9.71. The summed E-state index contributed by atoms with van der Waals surface area (Å²) in [5.41, 5.74) is 2.45. The molecule has 1 aromatic heterocycles. The lowest BCUT2D eigenvalue weighted by Crippen LogP contribution is -2.44. The Hall–Kier alpha value is -0.650. The summed E-state index contributed by atoms with van der Waals surface area (Å²) < 4.78 is 5.04. The van der Waals surface area contributed by atoms with Crippen molar-refractivity contribution in [2.75, 3.05) is 7.11 Å². The van der Waals surface area contributed by atoms with Gasteiger partial charge in [0, 0.05) is 23.9 Å². The molecule has 0 amide bonds. The first kappa shape index (κ1) is 13.8. The summed E-state index contributed by atoms with van der Waals surface area (Å²) in [4.78, 5) is 16.5. The molecule has 0 saturated carbocycles. The molecule has 100 valence electrons. The Bertz CT molecular complexity index is 426. The highest BCUT2D eigenvalue weighted by atomic mass is 35.5. The second-order valence-corrected chi connectivity index (χ2v) is 5.72. The van der Waals surface area contributed by atoms with Gasteiger partial charge in [-0.1, -0.05) is 0 Å². The molecular formula is C12H17ClN2O2S. The van der Waals surface area contributed by atoms with Gasteiger partial charge in [0.1, 0.15) is 0 Å². The van der Waals surface area contributed by atoms with E-state index in [1.807, 2.05) is 10.9 Å². The van der Waals surface area contributed by atoms with Gasteiger partial charge in [-0.2, -0.15) is 0 Å². The van der Waals surface area contributed by atoms with Crippen molar-refractivity contribution in [2.24, 2.45) is 5.41 Å². The third kappa shape index (κ3) is 2.04. The summed E-state index contributed by atoms with van der Waals surface area (Å²) >= 11 is 1.58. The van der Waals surface area contributed by atoms with Crippen LogP contribution in [0.1, 0.15) is 25.0 Å². The van der Waals surface area contributed by atoms with Gasteiger partial charge in [-0.05, 0) is 19.3 Å². The molecule has 4 nitrogen and oxygen atoms in total. The molecule has 0 aliphatic carbocycles. The molecular weight excluding hydrogens is 272 g/mol. The minimum Gasteiger partial charge on any atom is -0.469 e. The summed E-state index contributed by atoms with van der Waals surface area (Å²) in [6.45, 7) is 0. The van der Waals surface area contributed by atoms with Crippen molar-refractivity contribution in [3.8, 4) is 0 Å². The van der Waals surface area contributed by atoms with Gasteiger partial charge < -0.3 is 10.1 Å². The summed E-state index contributed by atoms with van der Waals surface area (Å²) in [6, 6.07) is 0.749. The van der Waals surface area contributed by atoms with E-state index in [2.05, 4.69) is 10.3 Å². The standard InChI is InChI=1S/C12H16N2O2S.ClH/c1-16-11(15)12(5-9-6-17-7-13-9)4-8-2-3-10(12)14-8;/h6-8,10,14H,2-5H2,1H3;1H/t8-,10+,12-;/m1./s1. The predicted octanol–water partition coefficient (Wildman–Crippen LogP) is 1.79. The van der Waals surface area contributed by atoms with E-state index in [1.54, 1.807) is 11.3 Å². The predicted molar refractivity (Wildman–Crippen MR) is 72.1 cm³/mol. The quantitative estimate of drug-likeness (QED) is 0.862. The molecule has 3 heterocycles. The number of carbonyl (C=O) groups is 1. The van der Waals surface area contributed by atoms with E-state index in [9.17, 15) is 4.79 Å². The Kier molecular flexibility index (Phi) is 3.94. The number of methoxy groups -OCH3 is 1. The second kappa shape index (κ2) is 5.15. The van der Waals surface area contributed by atoms with Crippen LogP contribution >= 0.6 is 23.7 Å². The summed E-state index contributed by atoms with van der Waals surface area (Å²) in [5.74, 6) is -0.0785. The largest absolute Gasteiger partial charge is 0.469 e. The molecule has 0 spiro atoms. The Labute approximate surface area is 117 Å². The highest BCUT2D eigenvalue weighted by molar-refractivity contribution is 7.07. The maximum absolute atomic E-state index is 12.2. The van der Waals surface area contributed by atoms with Crippen molar-refractivity contribution in [1.29, 1.82) is 0 Å². The first-order valence-electron chi connectivity index (χ1n) is 5.96. The fourth-order valence-corrected chi connectivity index (χ4v) is 3.90. The van der Waals surface area contributed by atoms with Crippen molar-refractivity contribution in [2.45, 2.75) is 37.8 Å². The summed E-state index contributed by atoms with van der Waals surface area (Å²) in [7, 11) is 1.48. The van der Waals surface area contributed by atoms with Crippen molar-refractivity contribution in [3.63, 3.8) is 0 Å². The van der Waals surface area contributed by atoms with Crippen LogP contribution in [0.4, 0.5) is 0 Å². The van der Waals surface area contributed by atoms with Crippen molar-refractivity contribution in [3.05, 3.63) is 16.6 Å². The number of nitrogens with one attached hydrogen (secondary N) is 1. The number of rotatable bonds is 3. The van der Waals surface area contributed by atoms with Gasteiger partial charge in [0.25, 0.3) is 0 Å². The molecule has 0 radical (unpaired) electrons. The molecule has 1 aromatic rings. The van der Waals surface area contributed by atoms with Crippen LogP contribution in [0.15, 0.2) is 10.9 Å². The number of thiazole rings is 1. The molecule has 18 heavy (non-hydrogen) atoms. The zero-order valence-electron chi connectivity index (χ0n) is 10.2. The number of carbonyl (C=O) groups excluding carboxylic acids is 1. The van der Waals surface area contributed by atoms with Crippen LogP contribution in [-0.2, 0) is 16.0 Å². The third-order valence-electron chi connectivity index (χ3n) is 4.09. The van der Waals surface area contributed by atoms with Gasteiger partial charge in [0.2, 0.25) is 0 Å². The fourth-order valence-electron chi connectivity index (χ4n) is 3.34. The maximum Gasteiger partial charge on any atom is 0.313 e. The number of esters is 1. The Morgan fingerprint density at radius 3 is 3.00 bits per heavy atom. The summed E-state index contributed by atoms with van der Waals surface area (Å²) in [5, 5.41) is 5.55. The summed E-state index contributed by atoms with van der Waals surface area (Å²) in [6.07, 6.45) is 3.85. The fraction of sp³-hybridized carbons (Fsp3) is 0.667. The smallest absolute Gasteiger partial charge is 0.313 e. The van der Waals surface area contributed by atoms with E-state index in [0.29, 0.717) is 12.5 Å². The van der Waals surface area contributed by atoms with E-state index < -0.39 is 0 Å². The minimum atomic E-state index is -0.383. The SMILES string of the molecule is COC(=O)[C@@]1(Cc2cscn2)C[C@H]2CC[C@@H]1N2.Cl. The van der Waals surface area contributed by atoms with E-state index in [4.69, 9.17) is 4.74 Å². The normalized spacial score (nSPS) is 33.2. The maximum atomic E-state index is 12.2. The van der Waals surface area contributed by atoms with Crippen molar-refractivity contribution < 1.29 is 9.53 Å². The highest BCUT2D eigenvalue weighted by Gasteiger charge is 2.56. The van der Waals surface area contributed by atoms with Crippen molar-refractivity contribution in [1.82, 2.24) is 10.3 Å². The Balaban J connectivity index is 0.00000120. The zero-order valence-corrected chi connectivity index (χ0v) is 11.9. The van der Waals surface area contributed by atoms with Crippen LogP contribution in [0.25, 0.3) is 0 Å².